The number of nitrogens with one attached hydrogen (secondary N) is 1. The van der Waals surface area contributed by atoms with Crippen molar-refractivity contribution < 1.29 is 9.53 Å². The number of nitrogens with zero attached hydrogens (tertiary/aromatic N) is 4. The number of carbonyl (C=O) groups is 1. The molecule has 0 aromatic heterocycles. The number of benzene rings is 3. The van der Waals surface area contributed by atoms with Gasteiger partial charge in [0.2, 0.25) is 0 Å². The smallest absolute Gasteiger partial charge is 0.264 e. The van der Waals surface area contributed by atoms with E-state index < -0.39 is 0 Å². The highest BCUT2D eigenvalue weighted by atomic mass is 35.5. The maximum Gasteiger partial charge on any atom is 0.264 e. The molecule has 8 heteroatoms. The molecule has 3 heterocycles. The third-order valence-corrected chi connectivity index (χ3v) is 8.94. The lowest BCUT2D eigenvalue weighted by Gasteiger charge is -2.39. The van der Waals surface area contributed by atoms with Crippen molar-refractivity contribution >= 4 is 45.9 Å². The van der Waals surface area contributed by atoms with Gasteiger partial charge < -0.3 is 29.7 Å². The molecule has 0 saturated carbocycles. The van der Waals surface area contributed by atoms with Crippen LogP contribution < -0.4 is 14.5 Å². The van der Waals surface area contributed by atoms with Crippen LogP contribution in [0.1, 0.15) is 24.0 Å². The van der Waals surface area contributed by atoms with Crippen LogP contribution in [-0.4, -0.2) is 80.9 Å². The summed E-state index contributed by atoms with van der Waals surface area (Å²) in [6.07, 6.45) is 4.24. The van der Waals surface area contributed by atoms with Crippen LogP contribution in [0.25, 0.3) is 10.8 Å². The lowest BCUT2D eigenvalue weighted by molar-refractivity contribution is -0.123. The monoisotopic (exact) mass is 545 g/mol. The SMILES string of the molecule is CN1CCC[C@@H]1COc1cc2c(c(N3CCN(C(=O)C=N)CC3)c1)CCN(c1cccc3cccc(Cl)c13)C2. The van der Waals surface area contributed by atoms with Gasteiger partial charge in [-0.3, -0.25) is 4.79 Å². The Kier molecular flexibility index (Phi) is 7.36. The summed E-state index contributed by atoms with van der Waals surface area (Å²) in [7, 11) is 2.18. The van der Waals surface area contributed by atoms with Gasteiger partial charge in [0, 0.05) is 68.1 Å². The highest BCUT2D eigenvalue weighted by Gasteiger charge is 2.28. The molecule has 3 aliphatic heterocycles. The number of likely N-dealkylation sites (tertiary alicyclic amines) is 1. The average Bonchev–Trinajstić information content (AvgIpc) is 3.39. The first-order valence-electron chi connectivity index (χ1n) is 14.0. The van der Waals surface area contributed by atoms with Crippen LogP contribution in [0.15, 0.2) is 48.5 Å². The number of amides is 1. The van der Waals surface area contributed by atoms with E-state index in [1.54, 1.807) is 4.90 Å². The van der Waals surface area contributed by atoms with Crippen molar-refractivity contribution in [3.8, 4) is 5.75 Å². The highest BCUT2D eigenvalue weighted by molar-refractivity contribution is 6.36. The molecule has 204 valence electrons. The van der Waals surface area contributed by atoms with E-state index in [4.69, 9.17) is 21.7 Å². The molecule has 3 aromatic carbocycles. The van der Waals surface area contributed by atoms with Crippen molar-refractivity contribution in [2.75, 3.05) is 62.7 Å². The summed E-state index contributed by atoms with van der Waals surface area (Å²) in [5.74, 6) is 0.707. The molecule has 3 aromatic rings. The van der Waals surface area contributed by atoms with Crippen LogP contribution in [0, 0.1) is 5.41 Å². The van der Waals surface area contributed by atoms with Crippen molar-refractivity contribution in [3.63, 3.8) is 0 Å². The summed E-state index contributed by atoms with van der Waals surface area (Å²) >= 11 is 6.69. The van der Waals surface area contributed by atoms with Gasteiger partial charge in [-0.05, 0) is 67.6 Å². The minimum atomic E-state index is -0.209. The number of carbonyl (C=O) groups excluding carboxylic acids is 1. The molecule has 1 atom stereocenters. The van der Waals surface area contributed by atoms with Gasteiger partial charge in [-0.15, -0.1) is 0 Å². The predicted octanol–water partition coefficient (Wildman–Crippen LogP) is 4.83. The summed E-state index contributed by atoms with van der Waals surface area (Å²) in [6, 6.07) is 17.4. The van der Waals surface area contributed by atoms with E-state index in [-0.39, 0.29) is 5.91 Å². The molecule has 0 radical (unpaired) electrons. The summed E-state index contributed by atoms with van der Waals surface area (Å²) in [4.78, 5) is 21.0. The molecular formula is C31H36ClN5O2. The number of fused-ring (bicyclic) bond motifs is 2. The van der Waals surface area contributed by atoms with Gasteiger partial charge in [-0.1, -0.05) is 35.9 Å². The van der Waals surface area contributed by atoms with Crippen LogP contribution in [0.4, 0.5) is 11.4 Å². The zero-order valence-corrected chi connectivity index (χ0v) is 23.3. The van der Waals surface area contributed by atoms with Gasteiger partial charge in [0.25, 0.3) is 5.91 Å². The molecule has 3 aliphatic rings. The predicted molar refractivity (Wildman–Crippen MR) is 159 cm³/mol. The Labute approximate surface area is 235 Å². The third kappa shape index (κ3) is 5.18. The van der Waals surface area contributed by atoms with Gasteiger partial charge in [0.15, 0.2) is 0 Å². The molecule has 0 aliphatic carbocycles. The summed E-state index contributed by atoms with van der Waals surface area (Å²) in [5, 5.41) is 10.4. The fraction of sp³-hybridized carbons (Fsp3) is 0.419. The Morgan fingerprint density at radius 1 is 1.03 bits per heavy atom. The van der Waals surface area contributed by atoms with Crippen molar-refractivity contribution in [1.29, 1.82) is 5.41 Å². The first-order chi connectivity index (χ1) is 19.0. The van der Waals surface area contributed by atoms with E-state index in [9.17, 15) is 4.79 Å². The number of anilines is 2. The standard InChI is InChI=1S/C31H36ClN5O2/c1-34-11-4-7-24(34)21-39-25-17-23-20-37(28-9-3-6-22-5-2-8-27(32)31(22)28)12-10-26(23)29(18-25)35-13-15-36(16-14-35)30(38)19-33/h2-3,5-6,8-9,17-19,24,33H,4,7,10-16,20-21H2,1H3/t24-/m1/s1. The quantitative estimate of drug-likeness (QED) is 0.450. The Hall–Kier alpha value is -3.29. The Morgan fingerprint density at radius 2 is 1.82 bits per heavy atom. The zero-order valence-electron chi connectivity index (χ0n) is 22.5. The Bertz CT molecular complexity index is 1380. The maximum absolute atomic E-state index is 12.0. The zero-order chi connectivity index (χ0) is 26.9. The van der Waals surface area contributed by atoms with Gasteiger partial charge in [0.1, 0.15) is 12.4 Å². The second kappa shape index (κ2) is 11.1. The van der Waals surface area contributed by atoms with E-state index in [2.05, 4.69) is 58.1 Å². The molecule has 2 fully saturated rings. The molecule has 0 unspecified atom stereocenters. The second-order valence-electron chi connectivity index (χ2n) is 10.9. The number of ether oxygens (including phenoxy) is 1. The Morgan fingerprint density at radius 3 is 2.56 bits per heavy atom. The van der Waals surface area contributed by atoms with Crippen LogP contribution in [0.5, 0.6) is 5.75 Å². The third-order valence-electron chi connectivity index (χ3n) is 8.63. The summed E-state index contributed by atoms with van der Waals surface area (Å²) in [6.45, 7) is 6.28. The highest BCUT2D eigenvalue weighted by Crippen LogP contribution is 2.39. The van der Waals surface area contributed by atoms with Crippen LogP contribution in [0.2, 0.25) is 5.02 Å². The van der Waals surface area contributed by atoms with Crippen molar-refractivity contribution in [2.45, 2.75) is 31.8 Å². The minimum absolute atomic E-state index is 0.209. The molecule has 6 rings (SSSR count). The first kappa shape index (κ1) is 26.0. The lowest BCUT2D eigenvalue weighted by Crippen LogP contribution is -2.49. The molecule has 0 bridgehead atoms. The normalized spacial score (nSPS) is 19.8. The van der Waals surface area contributed by atoms with E-state index in [1.165, 1.54) is 35.3 Å². The molecular weight excluding hydrogens is 510 g/mol. The molecule has 39 heavy (non-hydrogen) atoms. The number of halogens is 1. The second-order valence-corrected chi connectivity index (χ2v) is 11.3. The van der Waals surface area contributed by atoms with Crippen LogP contribution in [0.3, 0.4) is 0 Å². The largest absolute Gasteiger partial charge is 0.492 e. The van der Waals surface area contributed by atoms with Crippen molar-refractivity contribution in [3.05, 3.63) is 64.7 Å². The molecule has 1 N–H and O–H groups in total. The van der Waals surface area contributed by atoms with Crippen LogP contribution >= 0.6 is 11.6 Å². The number of likely N-dealkylation sites (N-methyl/N-ethyl adjacent to an activating group) is 1. The topological polar surface area (TPSA) is 63.1 Å². The van der Waals surface area contributed by atoms with E-state index in [1.807, 2.05) is 12.1 Å². The van der Waals surface area contributed by atoms with E-state index in [0.29, 0.717) is 25.7 Å². The van der Waals surface area contributed by atoms with Gasteiger partial charge >= 0.3 is 0 Å². The van der Waals surface area contributed by atoms with Gasteiger partial charge in [-0.25, -0.2) is 0 Å². The van der Waals surface area contributed by atoms with E-state index in [0.717, 1.165) is 66.9 Å². The summed E-state index contributed by atoms with van der Waals surface area (Å²) in [5.41, 5.74) is 5.05. The van der Waals surface area contributed by atoms with E-state index >= 15 is 0 Å². The molecule has 7 nitrogen and oxygen atoms in total. The average molecular weight is 546 g/mol. The Balaban J connectivity index is 1.31. The first-order valence-corrected chi connectivity index (χ1v) is 14.3. The molecule has 1 amide bonds. The molecule has 2 saturated heterocycles. The molecule has 0 spiro atoms. The lowest BCUT2D eigenvalue weighted by atomic mass is 9.95. The number of hydrogen-bond donors (Lipinski definition) is 1. The number of rotatable bonds is 6. The van der Waals surface area contributed by atoms with Gasteiger partial charge in [0.05, 0.1) is 11.2 Å². The fourth-order valence-electron chi connectivity index (χ4n) is 6.40. The van der Waals surface area contributed by atoms with Gasteiger partial charge in [-0.2, -0.15) is 0 Å². The fourth-order valence-corrected chi connectivity index (χ4v) is 6.68. The van der Waals surface area contributed by atoms with Crippen LogP contribution in [-0.2, 0) is 17.8 Å². The number of piperazine rings is 1. The van der Waals surface area contributed by atoms with Crippen molar-refractivity contribution in [2.24, 2.45) is 0 Å². The van der Waals surface area contributed by atoms with Crippen molar-refractivity contribution in [1.82, 2.24) is 9.80 Å². The minimum Gasteiger partial charge on any atom is -0.492 e. The maximum atomic E-state index is 12.0. The summed E-state index contributed by atoms with van der Waals surface area (Å²) < 4.78 is 6.46. The number of hydrogen-bond acceptors (Lipinski definition) is 6.